The summed E-state index contributed by atoms with van der Waals surface area (Å²) >= 11 is 0. The second kappa shape index (κ2) is 11.8. The van der Waals surface area contributed by atoms with Crippen molar-refractivity contribution in [2.75, 3.05) is 18.0 Å². The molecule has 1 aliphatic carbocycles. The molecule has 1 aliphatic heterocycles. The van der Waals surface area contributed by atoms with Crippen LogP contribution in [0.25, 0.3) is 22.4 Å². The minimum Gasteiger partial charge on any atom is -0.375 e. The third-order valence-electron chi connectivity index (χ3n) is 8.02. The number of piperidine rings is 1. The van der Waals surface area contributed by atoms with Gasteiger partial charge in [-0.05, 0) is 87.1 Å². The van der Waals surface area contributed by atoms with Crippen molar-refractivity contribution < 1.29 is 26.7 Å². The molecule has 220 valence electrons. The van der Waals surface area contributed by atoms with Crippen LogP contribution in [0.15, 0.2) is 65.7 Å². The van der Waals surface area contributed by atoms with Crippen molar-refractivity contribution in [1.82, 2.24) is 19.7 Å². The van der Waals surface area contributed by atoms with Crippen LogP contribution in [0.4, 0.5) is 14.6 Å². The number of amides is 1. The molecule has 1 saturated carbocycles. The van der Waals surface area contributed by atoms with Gasteiger partial charge in [0, 0.05) is 36.8 Å². The van der Waals surface area contributed by atoms with E-state index in [1.165, 1.54) is 12.1 Å². The Labute approximate surface area is 242 Å². The zero-order valence-corrected chi connectivity index (χ0v) is 23.6. The van der Waals surface area contributed by atoms with Crippen LogP contribution in [-0.4, -0.2) is 54.6 Å². The highest BCUT2D eigenvalue weighted by molar-refractivity contribution is 7.90. The summed E-state index contributed by atoms with van der Waals surface area (Å²) in [4.78, 5) is 27.0. The number of aromatic nitrogens is 3. The van der Waals surface area contributed by atoms with Gasteiger partial charge in [-0.1, -0.05) is 0 Å². The second-order valence-corrected chi connectivity index (χ2v) is 12.6. The average Bonchev–Trinajstić information content (AvgIpc) is 3.41. The lowest BCUT2D eigenvalue weighted by Crippen LogP contribution is -2.41. The monoisotopic (exact) mass is 595 g/mol. The SMILES string of the molecule is O=C(NS(=O)(=O)c1ccc(F)cc1)C1CCC(OC2CCN(c3ccc(-c4nc5cc(F)ccc5[nH]4)cn3)CC2)CC1. The largest absolute Gasteiger partial charge is 0.375 e. The van der Waals surface area contributed by atoms with Gasteiger partial charge < -0.3 is 14.6 Å². The number of H-pyrrole nitrogens is 1. The first-order valence-corrected chi connectivity index (χ1v) is 15.6. The summed E-state index contributed by atoms with van der Waals surface area (Å²) in [5, 5.41) is 0. The summed E-state index contributed by atoms with van der Waals surface area (Å²) < 4.78 is 60.1. The number of carbonyl (C=O) groups is 1. The predicted octanol–water partition coefficient (Wildman–Crippen LogP) is 4.95. The fraction of sp³-hybridized carbons (Fsp3) is 0.367. The maximum Gasteiger partial charge on any atom is 0.264 e. The molecule has 0 spiro atoms. The van der Waals surface area contributed by atoms with Crippen LogP contribution >= 0.6 is 0 Å². The first kappa shape index (κ1) is 28.2. The van der Waals surface area contributed by atoms with Gasteiger partial charge in [-0.2, -0.15) is 0 Å². The van der Waals surface area contributed by atoms with E-state index < -0.39 is 27.7 Å². The topological polar surface area (TPSA) is 117 Å². The second-order valence-electron chi connectivity index (χ2n) is 10.9. The van der Waals surface area contributed by atoms with Crippen molar-refractivity contribution in [1.29, 1.82) is 0 Å². The van der Waals surface area contributed by atoms with Gasteiger partial charge in [-0.3, -0.25) is 4.79 Å². The van der Waals surface area contributed by atoms with Crippen LogP contribution in [0.1, 0.15) is 38.5 Å². The minimum absolute atomic E-state index is 0.0361. The average molecular weight is 596 g/mol. The Morgan fingerprint density at radius 2 is 1.60 bits per heavy atom. The highest BCUT2D eigenvalue weighted by Gasteiger charge is 2.31. The van der Waals surface area contributed by atoms with Crippen LogP contribution < -0.4 is 9.62 Å². The number of hydrogen-bond acceptors (Lipinski definition) is 7. The Kier molecular flexibility index (Phi) is 7.91. The van der Waals surface area contributed by atoms with Gasteiger partial charge in [0.2, 0.25) is 5.91 Å². The van der Waals surface area contributed by atoms with Crippen molar-refractivity contribution in [2.24, 2.45) is 5.92 Å². The number of imidazole rings is 1. The zero-order chi connectivity index (χ0) is 29.3. The van der Waals surface area contributed by atoms with Gasteiger partial charge in [0.1, 0.15) is 23.3 Å². The number of nitrogens with one attached hydrogen (secondary N) is 2. The van der Waals surface area contributed by atoms with Crippen molar-refractivity contribution >= 4 is 32.8 Å². The highest BCUT2D eigenvalue weighted by atomic mass is 32.2. The quantitative estimate of drug-likeness (QED) is 0.310. The summed E-state index contributed by atoms with van der Waals surface area (Å²) in [6.45, 7) is 1.61. The van der Waals surface area contributed by atoms with Crippen LogP contribution in [0, 0.1) is 17.6 Å². The molecular weight excluding hydrogens is 564 g/mol. The first-order valence-electron chi connectivity index (χ1n) is 14.1. The molecule has 2 aliphatic rings. The van der Waals surface area contributed by atoms with Gasteiger partial charge in [0.25, 0.3) is 10.0 Å². The lowest BCUT2D eigenvalue weighted by molar-refractivity contribution is -0.125. The first-order chi connectivity index (χ1) is 20.2. The maximum atomic E-state index is 13.5. The van der Waals surface area contributed by atoms with Gasteiger partial charge in [0.15, 0.2) is 0 Å². The minimum atomic E-state index is -4.04. The fourth-order valence-electron chi connectivity index (χ4n) is 5.67. The number of pyridine rings is 1. The van der Waals surface area contributed by atoms with Crippen molar-refractivity contribution in [3.63, 3.8) is 0 Å². The molecule has 1 saturated heterocycles. The standard InChI is InChI=1S/C30H31F2N5O4S/c31-21-4-9-25(10-5-21)42(39,40)36-30(38)19-1-7-23(8-2-19)41-24-13-15-37(16-14-24)28-12-3-20(18-33-28)29-34-26-11-6-22(32)17-27(26)35-29/h3-6,9-12,17-19,23-24H,1-2,7-8,13-16H2,(H,34,35)(H,36,38). The Bertz CT molecular complexity index is 1660. The van der Waals surface area contributed by atoms with E-state index in [0.717, 1.165) is 67.1 Å². The van der Waals surface area contributed by atoms with E-state index in [1.54, 1.807) is 12.3 Å². The number of halogens is 2. The van der Waals surface area contributed by atoms with Crippen molar-refractivity contribution in [3.8, 4) is 11.4 Å². The predicted molar refractivity (Wildman–Crippen MR) is 153 cm³/mol. The van der Waals surface area contributed by atoms with Gasteiger partial charge in [0.05, 0.1) is 28.1 Å². The number of rotatable bonds is 7. The number of fused-ring (bicyclic) bond motifs is 1. The molecular formula is C30H31F2N5O4S. The molecule has 2 fully saturated rings. The van der Waals surface area contributed by atoms with Gasteiger partial charge >= 0.3 is 0 Å². The maximum absolute atomic E-state index is 13.5. The van der Waals surface area contributed by atoms with Crippen molar-refractivity contribution in [3.05, 3.63) is 72.4 Å². The number of hydrogen-bond donors (Lipinski definition) is 2. The normalized spacial score (nSPS) is 20.1. The summed E-state index contributed by atoms with van der Waals surface area (Å²) in [5.74, 6) is -0.287. The van der Waals surface area contributed by atoms with E-state index in [-0.39, 0.29) is 22.9 Å². The fourth-order valence-corrected chi connectivity index (χ4v) is 6.72. The molecule has 9 nitrogen and oxygen atoms in total. The molecule has 3 heterocycles. The lowest BCUT2D eigenvalue weighted by Gasteiger charge is -2.36. The van der Waals surface area contributed by atoms with E-state index in [2.05, 4.69) is 24.6 Å². The number of nitrogens with zero attached hydrogens (tertiary/aromatic N) is 3. The Balaban J connectivity index is 0.956. The van der Waals surface area contributed by atoms with Crippen molar-refractivity contribution in [2.45, 2.75) is 55.6 Å². The third-order valence-corrected chi connectivity index (χ3v) is 9.38. The third kappa shape index (κ3) is 6.29. The number of ether oxygens (including phenoxy) is 1. The highest BCUT2D eigenvalue weighted by Crippen LogP contribution is 2.30. The number of benzene rings is 2. The van der Waals surface area contributed by atoms with E-state index in [9.17, 15) is 22.0 Å². The van der Waals surface area contributed by atoms with Crippen LogP contribution in [0.3, 0.4) is 0 Å². The number of anilines is 1. The van der Waals surface area contributed by atoms with E-state index >= 15 is 0 Å². The Hall–Kier alpha value is -3.90. The molecule has 6 rings (SSSR count). The molecule has 1 amide bonds. The molecule has 2 aromatic carbocycles. The summed E-state index contributed by atoms with van der Waals surface area (Å²) in [7, 11) is -4.04. The van der Waals surface area contributed by atoms with E-state index in [1.807, 2.05) is 12.1 Å². The molecule has 42 heavy (non-hydrogen) atoms. The molecule has 12 heteroatoms. The smallest absolute Gasteiger partial charge is 0.264 e. The number of sulfonamides is 1. The van der Waals surface area contributed by atoms with Crippen LogP contribution in [-0.2, 0) is 19.6 Å². The summed E-state index contributed by atoms with van der Waals surface area (Å²) in [6, 6.07) is 12.8. The van der Waals surface area contributed by atoms with Crippen LogP contribution in [0.5, 0.6) is 0 Å². The van der Waals surface area contributed by atoms with Crippen LogP contribution in [0.2, 0.25) is 0 Å². The van der Waals surface area contributed by atoms with Gasteiger partial charge in [-0.25, -0.2) is 31.9 Å². The molecule has 0 radical (unpaired) electrons. The molecule has 2 N–H and O–H groups in total. The lowest BCUT2D eigenvalue weighted by atomic mass is 9.87. The molecule has 0 unspecified atom stereocenters. The molecule has 2 aromatic heterocycles. The van der Waals surface area contributed by atoms with E-state index in [0.29, 0.717) is 37.0 Å². The van der Waals surface area contributed by atoms with E-state index in [4.69, 9.17) is 4.74 Å². The molecule has 0 atom stereocenters. The zero-order valence-electron chi connectivity index (χ0n) is 22.8. The molecule has 0 bridgehead atoms. The Morgan fingerprint density at radius 3 is 2.29 bits per heavy atom. The summed E-state index contributed by atoms with van der Waals surface area (Å²) in [6.07, 6.45) is 6.10. The Morgan fingerprint density at radius 1 is 0.905 bits per heavy atom. The molecule has 4 aromatic rings. The summed E-state index contributed by atoms with van der Waals surface area (Å²) in [5.41, 5.74) is 2.16. The number of aromatic amines is 1. The number of carbonyl (C=O) groups excluding carboxylic acids is 1. The van der Waals surface area contributed by atoms with Gasteiger partial charge in [-0.15, -0.1) is 0 Å².